The van der Waals surface area contributed by atoms with Gasteiger partial charge in [0, 0.05) is 25.0 Å². The highest BCUT2D eigenvalue weighted by molar-refractivity contribution is 5.76. The van der Waals surface area contributed by atoms with Gasteiger partial charge in [0.2, 0.25) is 5.91 Å². The van der Waals surface area contributed by atoms with Crippen molar-refractivity contribution in [3.63, 3.8) is 0 Å². The van der Waals surface area contributed by atoms with Crippen molar-refractivity contribution in [3.05, 3.63) is 0 Å². The van der Waals surface area contributed by atoms with Crippen molar-refractivity contribution in [1.29, 1.82) is 0 Å². The number of likely N-dealkylation sites (tertiary alicyclic amines) is 1. The maximum Gasteiger partial charge on any atom is 0.222 e. The van der Waals surface area contributed by atoms with Gasteiger partial charge in [-0.3, -0.25) is 4.79 Å². The Morgan fingerprint density at radius 1 is 0.912 bits per heavy atom. The number of nitrogens with zero attached hydrogens (tertiary/aromatic N) is 1. The summed E-state index contributed by atoms with van der Waals surface area (Å²) in [7, 11) is 0. The molecule has 3 nitrogen and oxygen atoms in total. The van der Waals surface area contributed by atoms with Crippen LogP contribution in [0.15, 0.2) is 0 Å². The fourth-order valence-electron chi connectivity index (χ4n) is 10.5. The molecule has 6 unspecified atom stereocenters. The van der Waals surface area contributed by atoms with E-state index in [4.69, 9.17) is 5.73 Å². The maximum atomic E-state index is 12.5. The number of unbranched alkanes of at least 4 members (excludes halogenated alkanes) is 1. The van der Waals surface area contributed by atoms with Gasteiger partial charge >= 0.3 is 0 Å². The second kappa shape index (κ2) is 9.38. The molecule has 1 amide bonds. The number of hydrogen-bond donors (Lipinski definition) is 1. The number of carbonyl (C=O) groups excluding carboxylic acids is 1. The molecular formula is C31H54N2O. The predicted molar refractivity (Wildman–Crippen MR) is 141 cm³/mol. The summed E-state index contributed by atoms with van der Waals surface area (Å²) in [6.45, 7) is 12.0. The van der Waals surface area contributed by atoms with E-state index in [9.17, 15) is 4.79 Å². The van der Waals surface area contributed by atoms with Crippen molar-refractivity contribution in [2.24, 2.45) is 52.1 Å². The van der Waals surface area contributed by atoms with Gasteiger partial charge in [-0.25, -0.2) is 0 Å². The zero-order valence-corrected chi connectivity index (χ0v) is 22.9. The summed E-state index contributed by atoms with van der Waals surface area (Å²) >= 11 is 0. The molecule has 0 bridgehead atoms. The molecule has 1 saturated heterocycles. The zero-order chi connectivity index (χ0) is 24.1. The van der Waals surface area contributed by atoms with Crippen LogP contribution in [0.4, 0.5) is 0 Å². The molecule has 5 fully saturated rings. The Kier molecular flexibility index (Phi) is 6.93. The smallest absolute Gasteiger partial charge is 0.222 e. The molecule has 194 valence electrons. The molecule has 2 N–H and O–H groups in total. The first kappa shape index (κ1) is 25.1. The molecular weight excluding hydrogens is 416 g/mol. The van der Waals surface area contributed by atoms with Gasteiger partial charge in [-0.1, -0.05) is 53.4 Å². The van der Waals surface area contributed by atoms with E-state index in [1.165, 1.54) is 83.5 Å². The van der Waals surface area contributed by atoms with Crippen LogP contribution < -0.4 is 5.73 Å². The van der Waals surface area contributed by atoms with Crippen LogP contribution in [0.5, 0.6) is 0 Å². The van der Waals surface area contributed by atoms with Crippen LogP contribution in [-0.4, -0.2) is 29.4 Å². The van der Waals surface area contributed by atoms with Crippen molar-refractivity contribution in [2.75, 3.05) is 13.1 Å². The van der Waals surface area contributed by atoms with Gasteiger partial charge in [-0.05, 0) is 111 Å². The Balaban J connectivity index is 1.20. The van der Waals surface area contributed by atoms with E-state index in [0.29, 0.717) is 16.7 Å². The fraction of sp³-hybridized carbons (Fsp3) is 0.968. The highest BCUT2D eigenvalue weighted by atomic mass is 16.2. The van der Waals surface area contributed by atoms with Crippen molar-refractivity contribution in [2.45, 2.75) is 130 Å². The Hall–Kier alpha value is -0.570. The van der Waals surface area contributed by atoms with E-state index in [0.717, 1.165) is 61.4 Å². The third-order valence-electron chi connectivity index (χ3n) is 12.9. The van der Waals surface area contributed by atoms with Gasteiger partial charge in [-0.2, -0.15) is 0 Å². The highest BCUT2D eigenvalue weighted by Gasteiger charge is 2.65. The minimum atomic E-state index is 0.0903. The van der Waals surface area contributed by atoms with E-state index in [1.54, 1.807) is 0 Å². The van der Waals surface area contributed by atoms with Crippen molar-refractivity contribution < 1.29 is 4.79 Å². The predicted octanol–water partition coefficient (Wildman–Crippen LogP) is 7.18. The van der Waals surface area contributed by atoms with Crippen molar-refractivity contribution >= 4 is 5.91 Å². The molecule has 5 aliphatic rings. The largest absolute Gasteiger partial charge is 0.342 e. The quantitative estimate of drug-likeness (QED) is 0.400. The number of hydrogen-bond acceptors (Lipinski definition) is 2. The van der Waals surface area contributed by atoms with Gasteiger partial charge in [-0.15, -0.1) is 0 Å². The Morgan fingerprint density at radius 2 is 1.68 bits per heavy atom. The first-order valence-electron chi connectivity index (χ1n) is 15.3. The van der Waals surface area contributed by atoms with Crippen LogP contribution in [0.3, 0.4) is 0 Å². The molecule has 3 heteroatoms. The van der Waals surface area contributed by atoms with Crippen LogP contribution in [0.1, 0.15) is 124 Å². The number of nitrogens with two attached hydrogens (primary N) is 1. The molecule has 0 radical (unpaired) electrons. The molecule has 4 saturated carbocycles. The monoisotopic (exact) mass is 470 g/mol. The van der Waals surface area contributed by atoms with Gasteiger partial charge in [0.25, 0.3) is 0 Å². The Bertz CT molecular complexity index is 746. The number of rotatable bonds is 7. The molecule has 8 atom stereocenters. The van der Waals surface area contributed by atoms with Crippen LogP contribution in [-0.2, 0) is 4.79 Å². The summed E-state index contributed by atoms with van der Waals surface area (Å²) in [6.07, 6.45) is 19.5. The fourth-order valence-corrected chi connectivity index (χ4v) is 10.5. The number of amides is 1. The summed E-state index contributed by atoms with van der Waals surface area (Å²) in [5.41, 5.74) is 8.37. The lowest BCUT2D eigenvalue weighted by molar-refractivity contribution is -0.148. The van der Waals surface area contributed by atoms with E-state index in [-0.39, 0.29) is 5.54 Å². The average molecular weight is 471 g/mol. The molecule has 0 spiro atoms. The first-order valence-corrected chi connectivity index (χ1v) is 15.3. The van der Waals surface area contributed by atoms with E-state index in [1.807, 2.05) is 0 Å². The Labute approximate surface area is 210 Å². The molecule has 4 aliphatic carbocycles. The summed E-state index contributed by atoms with van der Waals surface area (Å²) in [5, 5.41) is 0. The minimum absolute atomic E-state index is 0.0903. The van der Waals surface area contributed by atoms with Gasteiger partial charge in [0.1, 0.15) is 0 Å². The summed E-state index contributed by atoms with van der Waals surface area (Å²) in [6, 6.07) is 0. The standard InChI is InChI=1S/C31H54N2O/c1-5-22-20-33(21-22)28(34)12-8-7-11-24-13-14-26-25-19-23(6-2)31(32)17-10-9-16-30(31,4)27(25)15-18-29(24,26)3/h22-27H,5-21,32H2,1-4H3/t23-,24?,25?,26?,27-,29?,30?,31?/m0/s1. The highest BCUT2D eigenvalue weighted by Crippen LogP contribution is 2.69. The van der Waals surface area contributed by atoms with Crippen LogP contribution >= 0.6 is 0 Å². The van der Waals surface area contributed by atoms with Crippen molar-refractivity contribution in [3.8, 4) is 0 Å². The van der Waals surface area contributed by atoms with Crippen LogP contribution in [0.25, 0.3) is 0 Å². The van der Waals surface area contributed by atoms with Gasteiger partial charge < -0.3 is 10.6 Å². The van der Waals surface area contributed by atoms with Crippen LogP contribution in [0, 0.1) is 46.3 Å². The SMILES string of the molecule is CCC1CN(C(=O)CCCCC2CCC3C4C[C@H](CC)C5(N)CCCCC5(C)[C@H]4CCC23C)C1. The van der Waals surface area contributed by atoms with E-state index >= 15 is 0 Å². The summed E-state index contributed by atoms with van der Waals surface area (Å²) in [5.74, 6) is 5.47. The van der Waals surface area contributed by atoms with E-state index in [2.05, 4.69) is 32.6 Å². The average Bonchev–Trinajstić information content (AvgIpc) is 3.12. The third-order valence-corrected chi connectivity index (χ3v) is 12.9. The first-order chi connectivity index (χ1) is 16.3. The molecule has 1 aliphatic heterocycles. The normalized spacial score (nSPS) is 46.4. The molecule has 0 aromatic rings. The van der Waals surface area contributed by atoms with E-state index < -0.39 is 0 Å². The molecule has 0 aromatic heterocycles. The van der Waals surface area contributed by atoms with Crippen LogP contribution in [0.2, 0.25) is 0 Å². The third kappa shape index (κ3) is 3.81. The number of fused-ring (bicyclic) bond motifs is 5. The molecule has 5 rings (SSSR count). The summed E-state index contributed by atoms with van der Waals surface area (Å²) in [4.78, 5) is 14.6. The maximum absolute atomic E-state index is 12.5. The Morgan fingerprint density at radius 3 is 2.41 bits per heavy atom. The molecule has 1 heterocycles. The lowest BCUT2D eigenvalue weighted by atomic mass is 9.40. The second-order valence-electron chi connectivity index (χ2n) is 14.0. The lowest BCUT2D eigenvalue weighted by Crippen LogP contribution is -2.69. The second-order valence-corrected chi connectivity index (χ2v) is 14.0. The topological polar surface area (TPSA) is 46.3 Å². The minimum Gasteiger partial charge on any atom is -0.342 e. The summed E-state index contributed by atoms with van der Waals surface area (Å²) < 4.78 is 0. The lowest BCUT2D eigenvalue weighted by Gasteiger charge is -2.67. The number of carbonyl (C=O) groups is 1. The van der Waals surface area contributed by atoms with Crippen molar-refractivity contribution in [1.82, 2.24) is 4.90 Å². The van der Waals surface area contributed by atoms with Gasteiger partial charge in [0.05, 0.1) is 0 Å². The zero-order valence-electron chi connectivity index (χ0n) is 22.9. The molecule has 0 aromatic carbocycles. The van der Waals surface area contributed by atoms with Gasteiger partial charge in [0.15, 0.2) is 0 Å². The molecule has 34 heavy (non-hydrogen) atoms.